The van der Waals surface area contributed by atoms with Crippen molar-refractivity contribution in [2.75, 3.05) is 0 Å². The fourth-order valence-electron chi connectivity index (χ4n) is 3.20. The van der Waals surface area contributed by atoms with Crippen LogP contribution in [0.3, 0.4) is 0 Å². The molecule has 1 aromatic heterocycles. The minimum absolute atomic E-state index is 0.103. The molecular formula is C23H18ClN3O. The molecular weight excluding hydrogens is 370 g/mol. The van der Waals surface area contributed by atoms with Gasteiger partial charge in [-0.05, 0) is 37.3 Å². The number of fused-ring (bicyclic) bond motifs is 1. The second-order valence-electron chi connectivity index (χ2n) is 6.65. The summed E-state index contributed by atoms with van der Waals surface area (Å²) in [5.41, 5.74) is 4.36. The van der Waals surface area contributed by atoms with E-state index in [2.05, 4.69) is 10.2 Å². The van der Waals surface area contributed by atoms with E-state index in [1.165, 1.54) is 0 Å². The summed E-state index contributed by atoms with van der Waals surface area (Å²) in [5, 5.41) is 10.2. The van der Waals surface area contributed by atoms with Crippen LogP contribution in [0, 0.1) is 6.92 Å². The molecule has 0 aliphatic rings. The molecule has 0 bridgehead atoms. The van der Waals surface area contributed by atoms with Crippen LogP contribution in [0.4, 0.5) is 11.4 Å². The molecule has 1 heterocycles. The Morgan fingerprint density at radius 3 is 2.36 bits per heavy atom. The highest BCUT2D eigenvalue weighted by atomic mass is 35.5. The Bertz CT molecular complexity index is 1190. The van der Waals surface area contributed by atoms with Gasteiger partial charge in [-0.15, -0.1) is 5.11 Å². The van der Waals surface area contributed by atoms with Crippen molar-refractivity contribution in [3.63, 3.8) is 0 Å². The number of aromatic nitrogens is 1. The molecule has 0 saturated carbocycles. The largest absolute Gasteiger partial charge is 0.339 e. The smallest absolute Gasteiger partial charge is 0.211 e. The number of carbonyl (C=O) groups is 1. The van der Waals surface area contributed by atoms with Crippen LogP contribution in [-0.4, -0.2) is 10.4 Å². The molecule has 5 heteroatoms. The van der Waals surface area contributed by atoms with Crippen LogP contribution in [0.2, 0.25) is 5.02 Å². The van der Waals surface area contributed by atoms with Gasteiger partial charge in [-0.25, -0.2) is 0 Å². The molecule has 4 rings (SSSR count). The zero-order chi connectivity index (χ0) is 19.7. The fourth-order valence-corrected chi connectivity index (χ4v) is 3.38. The highest BCUT2D eigenvalue weighted by Crippen LogP contribution is 2.36. The minimum Gasteiger partial charge on any atom is -0.339 e. The van der Waals surface area contributed by atoms with E-state index < -0.39 is 0 Å². The van der Waals surface area contributed by atoms with Gasteiger partial charge in [0.2, 0.25) is 5.78 Å². The van der Waals surface area contributed by atoms with Gasteiger partial charge in [0.25, 0.3) is 0 Å². The molecule has 4 aromatic rings. The SMILES string of the molecule is Cc1ccc(N=Nc2c(C(=O)c3ccccc3)n(C)c3ccc(Cl)cc23)cc1. The molecule has 0 fully saturated rings. The average molecular weight is 388 g/mol. The third-order valence-electron chi connectivity index (χ3n) is 4.69. The standard InChI is InChI=1S/C23H18ClN3O/c1-15-8-11-18(12-9-15)25-26-21-19-14-17(24)10-13-20(19)27(2)22(21)23(28)16-6-4-3-5-7-16/h3-14H,1-2H3. The predicted molar refractivity (Wildman–Crippen MR) is 113 cm³/mol. The number of aryl methyl sites for hydroxylation is 2. The minimum atomic E-state index is -0.103. The number of hydrogen-bond acceptors (Lipinski definition) is 3. The van der Waals surface area contributed by atoms with E-state index in [0.717, 1.165) is 22.2 Å². The lowest BCUT2D eigenvalue weighted by Gasteiger charge is -2.04. The van der Waals surface area contributed by atoms with Crippen LogP contribution < -0.4 is 0 Å². The summed E-state index contributed by atoms with van der Waals surface area (Å²) < 4.78 is 1.85. The molecule has 0 unspecified atom stereocenters. The monoisotopic (exact) mass is 387 g/mol. The summed E-state index contributed by atoms with van der Waals surface area (Å²) in [6.45, 7) is 2.02. The fraction of sp³-hybridized carbons (Fsp3) is 0.0870. The quantitative estimate of drug-likeness (QED) is 0.281. The van der Waals surface area contributed by atoms with Crippen LogP contribution in [-0.2, 0) is 7.05 Å². The first kappa shape index (κ1) is 18.1. The van der Waals surface area contributed by atoms with E-state index in [1.807, 2.05) is 79.2 Å². The van der Waals surface area contributed by atoms with Gasteiger partial charge in [-0.3, -0.25) is 4.79 Å². The Hall–Kier alpha value is -3.24. The first-order chi connectivity index (χ1) is 13.5. The summed E-state index contributed by atoms with van der Waals surface area (Å²) in [4.78, 5) is 13.2. The highest BCUT2D eigenvalue weighted by Gasteiger charge is 2.22. The van der Waals surface area contributed by atoms with E-state index in [1.54, 1.807) is 12.1 Å². The first-order valence-electron chi connectivity index (χ1n) is 8.90. The molecule has 0 aliphatic carbocycles. The Kier molecular flexibility index (Phi) is 4.80. The number of azo groups is 1. The van der Waals surface area contributed by atoms with Crippen LogP contribution in [0.5, 0.6) is 0 Å². The zero-order valence-electron chi connectivity index (χ0n) is 15.6. The normalized spacial score (nSPS) is 11.4. The van der Waals surface area contributed by atoms with E-state index >= 15 is 0 Å². The van der Waals surface area contributed by atoms with Gasteiger partial charge in [0.1, 0.15) is 11.4 Å². The molecule has 0 radical (unpaired) electrons. The van der Waals surface area contributed by atoms with E-state index in [-0.39, 0.29) is 5.78 Å². The average Bonchev–Trinajstić information content (AvgIpc) is 2.98. The molecule has 0 spiro atoms. The molecule has 138 valence electrons. The summed E-state index contributed by atoms with van der Waals surface area (Å²) in [7, 11) is 1.86. The van der Waals surface area contributed by atoms with Gasteiger partial charge >= 0.3 is 0 Å². The lowest BCUT2D eigenvalue weighted by atomic mass is 10.1. The molecule has 0 amide bonds. The lowest BCUT2D eigenvalue weighted by Crippen LogP contribution is -2.07. The second kappa shape index (κ2) is 7.41. The predicted octanol–water partition coefficient (Wildman–Crippen LogP) is 6.79. The van der Waals surface area contributed by atoms with Crippen molar-refractivity contribution >= 4 is 39.7 Å². The van der Waals surface area contributed by atoms with Crippen LogP contribution in [0.15, 0.2) is 83.0 Å². The molecule has 0 saturated heterocycles. The summed E-state index contributed by atoms with van der Waals surface area (Å²) in [5.74, 6) is -0.103. The van der Waals surface area contributed by atoms with Crippen LogP contribution >= 0.6 is 11.6 Å². The number of rotatable bonds is 4. The van der Waals surface area contributed by atoms with Gasteiger partial charge in [0.05, 0.1) is 11.2 Å². The first-order valence-corrected chi connectivity index (χ1v) is 9.28. The van der Waals surface area contributed by atoms with E-state index in [0.29, 0.717) is 22.0 Å². The molecule has 0 aliphatic heterocycles. The van der Waals surface area contributed by atoms with Crippen molar-refractivity contribution in [2.45, 2.75) is 6.92 Å². The van der Waals surface area contributed by atoms with Crippen molar-refractivity contribution in [1.82, 2.24) is 4.57 Å². The van der Waals surface area contributed by atoms with Crippen molar-refractivity contribution in [3.8, 4) is 0 Å². The van der Waals surface area contributed by atoms with Crippen LogP contribution in [0.25, 0.3) is 10.9 Å². The number of ketones is 1. The molecule has 28 heavy (non-hydrogen) atoms. The Labute approximate surface area is 168 Å². The summed E-state index contributed by atoms with van der Waals surface area (Å²) in [6.07, 6.45) is 0. The van der Waals surface area contributed by atoms with Gasteiger partial charge in [-0.1, -0.05) is 59.6 Å². The van der Waals surface area contributed by atoms with Crippen LogP contribution in [0.1, 0.15) is 21.6 Å². The van der Waals surface area contributed by atoms with Gasteiger partial charge in [-0.2, -0.15) is 5.11 Å². The van der Waals surface area contributed by atoms with Crippen molar-refractivity contribution in [1.29, 1.82) is 0 Å². The molecule has 0 N–H and O–H groups in total. The third-order valence-corrected chi connectivity index (χ3v) is 4.92. The van der Waals surface area contributed by atoms with Gasteiger partial charge < -0.3 is 4.57 Å². The number of carbonyl (C=O) groups excluding carboxylic acids is 1. The summed E-state index contributed by atoms with van der Waals surface area (Å²) in [6, 6.07) is 22.5. The number of hydrogen-bond donors (Lipinski definition) is 0. The molecule has 3 aromatic carbocycles. The van der Waals surface area contributed by atoms with Gasteiger partial charge in [0.15, 0.2) is 0 Å². The maximum atomic E-state index is 13.2. The zero-order valence-corrected chi connectivity index (χ0v) is 16.3. The molecule has 0 atom stereocenters. The van der Waals surface area contributed by atoms with Crippen molar-refractivity contribution < 1.29 is 4.79 Å². The second-order valence-corrected chi connectivity index (χ2v) is 7.08. The summed E-state index contributed by atoms with van der Waals surface area (Å²) >= 11 is 6.22. The van der Waals surface area contributed by atoms with Crippen molar-refractivity contribution in [3.05, 3.63) is 94.6 Å². The highest BCUT2D eigenvalue weighted by molar-refractivity contribution is 6.31. The van der Waals surface area contributed by atoms with E-state index in [9.17, 15) is 4.79 Å². The van der Waals surface area contributed by atoms with Crippen molar-refractivity contribution in [2.24, 2.45) is 17.3 Å². The van der Waals surface area contributed by atoms with E-state index in [4.69, 9.17) is 11.6 Å². The third kappa shape index (κ3) is 3.35. The maximum absolute atomic E-state index is 13.2. The van der Waals surface area contributed by atoms with Gasteiger partial charge in [0, 0.05) is 23.0 Å². The maximum Gasteiger partial charge on any atom is 0.211 e. The Balaban J connectivity index is 1.91. The number of halogens is 1. The molecule has 4 nitrogen and oxygen atoms in total. The number of benzene rings is 3. The lowest BCUT2D eigenvalue weighted by molar-refractivity contribution is 0.103. The topological polar surface area (TPSA) is 46.7 Å². The Morgan fingerprint density at radius 1 is 0.929 bits per heavy atom. The number of nitrogens with zero attached hydrogens (tertiary/aromatic N) is 3. The Morgan fingerprint density at radius 2 is 1.64 bits per heavy atom.